The molecule has 15 heavy (non-hydrogen) atoms. The molecule has 1 aromatic rings. The number of ether oxygens (including phenoxy) is 1. The Bertz CT molecular complexity index is 359. The van der Waals surface area contributed by atoms with Crippen LogP contribution in [0.15, 0.2) is 12.1 Å². The molecule has 2 rings (SSSR count). The van der Waals surface area contributed by atoms with Gasteiger partial charge in [-0.1, -0.05) is 6.07 Å². The Morgan fingerprint density at radius 2 is 2.27 bits per heavy atom. The lowest BCUT2D eigenvalue weighted by atomic mass is 10.0. The molecule has 3 heteroatoms. The number of nitrogens with one attached hydrogen (secondary N) is 1. The first-order valence-electron chi connectivity index (χ1n) is 5.30. The van der Waals surface area contributed by atoms with Gasteiger partial charge in [-0.25, -0.2) is 4.39 Å². The van der Waals surface area contributed by atoms with Gasteiger partial charge in [0.05, 0.1) is 7.11 Å². The van der Waals surface area contributed by atoms with E-state index in [1.165, 1.54) is 6.07 Å². The Morgan fingerprint density at radius 1 is 1.47 bits per heavy atom. The van der Waals surface area contributed by atoms with Gasteiger partial charge in [0.2, 0.25) is 0 Å². The first kappa shape index (κ1) is 10.4. The van der Waals surface area contributed by atoms with Crippen LogP contribution in [0.2, 0.25) is 0 Å². The molecule has 0 amide bonds. The van der Waals surface area contributed by atoms with Gasteiger partial charge in [0, 0.05) is 11.6 Å². The molecule has 1 heterocycles. The van der Waals surface area contributed by atoms with Crippen molar-refractivity contribution < 1.29 is 9.13 Å². The van der Waals surface area contributed by atoms with Gasteiger partial charge in [-0.15, -0.1) is 0 Å². The summed E-state index contributed by atoms with van der Waals surface area (Å²) in [5.41, 5.74) is 1.68. The van der Waals surface area contributed by atoms with Gasteiger partial charge in [-0.2, -0.15) is 0 Å². The van der Waals surface area contributed by atoms with Gasteiger partial charge in [0.1, 0.15) is 11.6 Å². The highest BCUT2D eigenvalue weighted by Crippen LogP contribution is 2.35. The average Bonchev–Trinajstić information content (AvgIpc) is 2.74. The molecule has 82 valence electrons. The molecule has 0 aromatic heterocycles. The number of rotatable bonds is 2. The molecule has 1 aromatic carbocycles. The highest BCUT2D eigenvalue weighted by atomic mass is 19.1. The average molecular weight is 209 g/mol. The lowest BCUT2D eigenvalue weighted by molar-refractivity contribution is 0.393. The quantitative estimate of drug-likeness (QED) is 0.808. The summed E-state index contributed by atoms with van der Waals surface area (Å²) in [6, 6.07) is 3.39. The summed E-state index contributed by atoms with van der Waals surface area (Å²) in [5, 5.41) is 3.30. The van der Waals surface area contributed by atoms with Gasteiger partial charge in [0.15, 0.2) is 0 Å². The molecule has 0 spiro atoms. The second kappa shape index (κ2) is 4.19. The topological polar surface area (TPSA) is 21.3 Å². The van der Waals surface area contributed by atoms with Gasteiger partial charge >= 0.3 is 0 Å². The van der Waals surface area contributed by atoms with E-state index in [1.807, 2.05) is 6.92 Å². The van der Waals surface area contributed by atoms with Gasteiger partial charge in [-0.3, -0.25) is 0 Å². The zero-order chi connectivity index (χ0) is 10.8. The highest BCUT2D eigenvalue weighted by molar-refractivity contribution is 5.43. The second-order valence-corrected chi connectivity index (χ2v) is 3.96. The lowest BCUT2D eigenvalue weighted by Crippen LogP contribution is -2.15. The maximum absolute atomic E-state index is 13.7. The van der Waals surface area contributed by atoms with E-state index in [0.29, 0.717) is 11.3 Å². The van der Waals surface area contributed by atoms with E-state index in [0.717, 1.165) is 24.9 Å². The highest BCUT2D eigenvalue weighted by Gasteiger charge is 2.24. The van der Waals surface area contributed by atoms with E-state index >= 15 is 0 Å². The van der Waals surface area contributed by atoms with Crippen LogP contribution < -0.4 is 10.1 Å². The van der Waals surface area contributed by atoms with Crippen LogP contribution in [0.1, 0.15) is 30.0 Å². The minimum Gasteiger partial charge on any atom is -0.496 e. The van der Waals surface area contributed by atoms with E-state index in [9.17, 15) is 4.39 Å². The van der Waals surface area contributed by atoms with E-state index < -0.39 is 0 Å². The molecule has 1 saturated heterocycles. The Morgan fingerprint density at radius 3 is 2.87 bits per heavy atom. The predicted molar refractivity (Wildman–Crippen MR) is 57.7 cm³/mol. The summed E-state index contributed by atoms with van der Waals surface area (Å²) in [7, 11) is 1.60. The Kier molecular flexibility index (Phi) is 2.91. The third kappa shape index (κ3) is 1.84. The normalized spacial score (nSPS) is 20.6. The number of hydrogen-bond donors (Lipinski definition) is 1. The molecular weight excluding hydrogens is 193 g/mol. The fourth-order valence-corrected chi connectivity index (χ4v) is 2.21. The largest absolute Gasteiger partial charge is 0.496 e. The van der Waals surface area contributed by atoms with Crippen molar-refractivity contribution in [2.24, 2.45) is 0 Å². The molecular formula is C12H16FNO. The number of methoxy groups -OCH3 is 1. The fourth-order valence-electron chi connectivity index (χ4n) is 2.21. The van der Waals surface area contributed by atoms with Crippen LogP contribution in [-0.4, -0.2) is 13.7 Å². The van der Waals surface area contributed by atoms with Crippen molar-refractivity contribution in [2.75, 3.05) is 13.7 Å². The summed E-state index contributed by atoms with van der Waals surface area (Å²) < 4.78 is 19.0. The maximum atomic E-state index is 13.7. The van der Waals surface area contributed by atoms with E-state index in [2.05, 4.69) is 5.32 Å². The molecule has 1 fully saturated rings. The Balaban J connectivity index is 2.46. The molecule has 1 atom stereocenters. The molecule has 0 saturated carbocycles. The van der Waals surface area contributed by atoms with Crippen molar-refractivity contribution in [1.29, 1.82) is 0 Å². The molecule has 0 radical (unpaired) electrons. The van der Waals surface area contributed by atoms with Gasteiger partial charge < -0.3 is 10.1 Å². The summed E-state index contributed by atoms with van der Waals surface area (Å²) in [4.78, 5) is 0. The number of benzene rings is 1. The van der Waals surface area contributed by atoms with Crippen LogP contribution in [0.5, 0.6) is 5.75 Å². The summed E-state index contributed by atoms with van der Waals surface area (Å²) in [6.07, 6.45) is 2.08. The van der Waals surface area contributed by atoms with Crippen LogP contribution in [0.4, 0.5) is 4.39 Å². The zero-order valence-electron chi connectivity index (χ0n) is 9.14. The molecule has 1 N–H and O–H groups in total. The Labute approximate surface area is 89.4 Å². The molecule has 2 nitrogen and oxygen atoms in total. The second-order valence-electron chi connectivity index (χ2n) is 3.96. The fraction of sp³-hybridized carbons (Fsp3) is 0.500. The van der Waals surface area contributed by atoms with E-state index in [1.54, 1.807) is 13.2 Å². The standard InChI is InChI=1S/C12H16FNO/c1-8-5-6-9(13)11(12(8)15-2)10-4-3-7-14-10/h5-6,10,14H,3-4,7H2,1-2H3. The molecule has 1 aliphatic rings. The number of aryl methyl sites for hydroxylation is 1. The smallest absolute Gasteiger partial charge is 0.131 e. The predicted octanol–water partition coefficient (Wildman–Crippen LogP) is 2.57. The van der Waals surface area contributed by atoms with E-state index in [-0.39, 0.29) is 11.9 Å². The van der Waals surface area contributed by atoms with Crippen molar-refractivity contribution in [1.82, 2.24) is 5.32 Å². The van der Waals surface area contributed by atoms with Crippen molar-refractivity contribution in [2.45, 2.75) is 25.8 Å². The van der Waals surface area contributed by atoms with Gasteiger partial charge in [-0.05, 0) is 37.9 Å². The summed E-state index contributed by atoms with van der Waals surface area (Å²) >= 11 is 0. The van der Waals surface area contributed by atoms with Crippen molar-refractivity contribution in [3.8, 4) is 5.75 Å². The van der Waals surface area contributed by atoms with E-state index in [4.69, 9.17) is 4.74 Å². The third-order valence-corrected chi connectivity index (χ3v) is 2.95. The van der Waals surface area contributed by atoms with Crippen LogP contribution in [0.25, 0.3) is 0 Å². The maximum Gasteiger partial charge on any atom is 0.131 e. The summed E-state index contributed by atoms with van der Waals surface area (Å²) in [6.45, 7) is 2.90. The minimum absolute atomic E-state index is 0.111. The molecule has 0 aliphatic carbocycles. The zero-order valence-corrected chi connectivity index (χ0v) is 9.14. The first-order valence-corrected chi connectivity index (χ1v) is 5.30. The van der Waals surface area contributed by atoms with Crippen molar-refractivity contribution >= 4 is 0 Å². The van der Waals surface area contributed by atoms with Crippen LogP contribution in [-0.2, 0) is 0 Å². The number of hydrogen-bond acceptors (Lipinski definition) is 2. The molecule has 1 aliphatic heterocycles. The Hall–Kier alpha value is -1.09. The van der Waals surface area contributed by atoms with Crippen LogP contribution in [0, 0.1) is 12.7 Å². The van der Waals surface area contributed by atoms with Crippen molar-refractivity contribution in [3.63, 3.8) is 0 Å². The van der Waals surface area contributed by atoms with Gasteiger partial charge in [0.25, 0.3) is 0 Å². The summed E-state index contributed by atoms with van der Waals surface area (Å²) in [5.74, 6) is 0.520. The lowest BCUT2D eigenvalue weighted by Gasteiger charge is -2.17. The van der Waals surface area contributed by atoms with Crippen LogP contribution in [0.3, 0.4) is 0 Å². The number of halogens is 1. The molecule has 0 bridgehead atoms. The monoisotopic (exact) mass is 209 g/mol. The third-order valence-electron chi connectivity index (χ3n) is 2.95. The minimum atomic E-state index is -0.170. The van der Waals surface area contributed by atoms with Crippen LogP contribution >= 0.6 is 0 Å². The molecule has 1 unspecified atom stereocenters. The first-order chi connectivity index (χ1) is 7.24. The SMILES string of the molecule is COc1c(C)ccc(F)c1C1CCCN1. The van der Waals surface area contributed by atoms with Crippen molar-refractivity contribution in [3.05, 3.63) is 29.1 Å².